The van der Waals surface area contributed by atoms with Crippen molar-refractivity contribution in [1.29, 1.82) is 0 Å². The fourth-order valence-electron chi connectivity index (χ4n) is 2.09. The Bertz CT molecular complexity index is 621. The van der Waals surface area contributed by atoms with E-state index < -0.39 is 0 Å². The number of halogens is 1. The molecule has 116 valence electrons. The number of hydrogen-bond donors (Lipinski definition) is 2. The first-order valence-corrected chi connectivity index (χ1v) is 7.99. The molecule has 3 nitrogen and oxygen atoms in total. The molecule has 0 radical (unpaired) electrons. The maximum absolute atomic E-state index is 12.8. The van der Waals surface area contributed by atoms with Gasteiger partial charge in [-0.3, -0.25) is 4.79 Å². The van der Waals surface area contributed by atoms with Gasteiger partial charge < -0.3 is 10.2 Å². The van der Waals surface area contributed by atoms with Gasteiger partial charge in [-0.25, -0.2) is 4.39 Å². The van der Waals surface area contributed by atoms with Gasteiger partial charge in [-0.15, -0.1) is 11.3 Å². The largest absolute Gasteiger partial charge is 0.346 e. The second-order valence-electron chi connectivity index (χ2n) is 5.28. The van der Waals surface area contributed by atoms with Gasteiger partial charge in [0.1, 0.15) is 11.9 Å². The van der Waals surface area contributed by atoms with Crippen LogP contribution in [0.3, 0.4) is 0 Å². The van der Waals surface area contributed by atoms with Crippen LogP contribution in [-0.4, -0.2) is 26.5 Å². The summed E-state index contributed by atoms with van der Waals surface area (Å²) in [6.07, 6.45) is 3.15. The van der Waals surface area contributed by atoms with Gasteiger partial charge in [0.15, 0.2) is 0 Å². The highest BCUT2D eigenvalue weighted by molar-refractivity contribution is 7.10. The van der Waals surface area contributed by atoms with Crippen LogP contribution < -0.4 is 10.2 Å². The van der Waals surface area contributed by atoms with Crippen LogP contribution in [0.15, 0.2) is 47.9 Å². The number of benzene rings is 1. The quantitative estimate of drug-likeness (QED) is 0.784. The highest BCUT2D eigenvalue weighted by Gasteiger charge is 2.18. The molecule has 0 unspecified atom stereocenters. The molecule has 2 aromatic rings. The number of rotatable bonds is 6. The fourth-order valence-corrected chi connectivity index (χ4v) is 3.04. The third-order valence-electron chi connectivity index (χ3n) is 3.36. The molecule has 2 rings (SSSR count). The van der Waals surface area contributed by atoms with E-state index in [0.29, 0.717) is 6.54 Å². The average molecular weight is 319 g/mol. The topological polar surface area (TPSA) is 33.5 Å². The summed E-state index contributed by atoms with van der Waals surface area (Å²) in [4.78, 5) is 14.4. The molecule has 0 spiro atoms. The highest BCUT2D eigenvalue weighted by atomic mass is 32.1. The zero-order chi connectivity index (χ0) is 15.9. The molecule has 0 aliphatic carbocycles. The van der Waals surface area contributed by atoms with Crippen LogP contribution in [0.5, 0.6) is 0 Å². The molecule has 0 saturated carbocycles. The lowest BCUT2D eigenvalue weighted by atomic mass is 10.2. The van der Waals surface area contributed by atoms with E-state index in [9.17, 15) is 9.18 Å². The maximum Gasteiger partial charge on any atom is 0.244 e. The molecule has 0 aliphatic heterocycles. The van der Waals surface area contributed by atoms with E-state index in [0.717, 1.165) is 5.56 Å². The Morgan fingerprint density at radius 3 is 2.64 bits per heavy atom. The molecule has 0 aliphatic rings. The van der Waals surface area contributed by atoms with Crippen LogP contribution in [0.25, 0.3) is 6.08 Å². The van der Waals surface area contributed by atoms with Gasteiger partial charge in [-0.05, 0) is 35.2 Å². The molecule has 0 bridgehead atoms. The average Bonchev–Trinajstić information content (AvgIpc) is 3.00. The Labute approximate surface area is 134 Å². The fraction of sp³-hybridized carbons (Fsp3) is 0.235. The second kappa shape index (κ2) is 7.87. The summed E-state index contributed by atoms with van der Waals surface area (Å²) >= 11 is 1.70. The van der Waals surface area contributed by atoms with Crippen LogP contribution in [0.4, 0.5) is 4.39 Å². The van der Waals surface area contributed by atoms with Gasteiger partial charge in [0.05, 0.1) is 25.5 Å². The third-order valence-corrected chi connectivity index (χ3v) is 4.35. The maximum atomic E-state index is 12.8. The summed E-state index contributed by atoms with van der Waals surface area (Å²) in [7, 11) is 4.15. The van der Waals surface area contributed by atoms with E-state index in [4.69, 9.17) is 0 Å². The lowest BCUT2D eigenvalue weighted by Gasteiger charge is -2.20. The first kappa shape index (κ1) is 16.4. The summed E-state index contributed by atoms with van der Waals surface area (Å²) in [6, 6.07) is 10.4. The zero-order valence-electron chi connectivity index (χ0n) is 12.7. The van der Waals surface area contributed by atoms with Gasteiger partial charge >= 0.3 is 0 Å². The van der Waals surface area contributed by atoms with Gasteiger partial charge in [0.2, 0.25) is 5.91 Å². The molecule has 22 heavy (non-hydrogen) atoms. The van der Waals surface area contributed by atoms with Crippen molar-refractivity contribution in [3.05, 3.63) is 64.1 Å². The van der Waals surface area contributed by atoms with Gasteiger partial charge in [-0.1, -0.05) is 18.2 Å². The van der Waals surface area contributed by atoms with Crippen LogP contribution in [0.2, 0.25) is 0 Å². The summed E-state index contributed by atoms with van der Waals surface area (Å²) in [6.45, 7) is 0.579. The van der Waals surface area contributed by atoms with Crippen LogP contribution in [0.1, 0.15) is 16.5 Å². The zero-order valence-corrected chi connectivity index (χ0v) is 13.5. The van der Waals surface area contributed by atoms with Crippen molar-refractivity contribution in [2.75, 3.05) is 20.6 Å². The summed E-state index contributed by atoms with van der Waals surface area (Å²) in [5, 5.41) is 4.96. The Kier molecular flexibility index (Phi) is 5.86. The van der Waals surface area contributed by atoms with Crippen molar-refractivity contribution in [2.45, 2.75) is 6.04 Å². The number of nitrogens with one attached hydrogen (secondary N) is 2. The Hall–Kier alpha value is -1.98. The monoisotopic (exact) mass is 319 g/mol. The van der Waals surface area contributed by atoms with Gasteiger partial charge in [0.25, 0.3) is 0 Å². The second-order valence-corrected chi connectivity index (χ2v) is 6.25. The first-order chi connectivity index (χ1) is 10.6. The number of amides is 1. The van der Waals surface area contributed by atoms with Crippen molar-refractivity contribution < 1.29 is 14.1 Å². The standard InChI is InChI=1S/C17H19FN2OS/c1-20(2)15(16-4-3-11-22-16)12-19-17(21)10-7-13-5-8-14(18)9-6-13/h3-11,15H,12H2,1-2H3,(H,19,21)/p+1/b10-7+/t15-/m0/s1. The number of hydrogen-bond acceptors (Lipinski definition) is 2. The third kappa shape index (κ3) is 4.79. The van der Waals surface area contributed by atoms with Crippen molar-refractivity contribution in [2.24, 2.45) is 0 Å². The van der Waals surface area contributed by atoms with E-state index in [1.165, 1.54) is 28.0 Å². The molecule has 1 aromatic heterocycles. The van der Waals surface area contributed by atoms with Crippen LogP contribution in [0, 0.1) is 5.82 Å². The lowest BCUT2D eigenvalue weighted by molar-refractivity contribution is -0.890. The summed E-state index contributed by atoms with van der Waals surface area (Å²) in [5.41, 5.74) is 0.796. The minimum Gasteiger partial charge on any atom is -0.346 e. The van der Waals surface area contributed by atoms with Gasteiger partial charge in [0, 0.05) is 6.08 Å². The molecule has 2 N–H and O–H groups in total. The summed E-state index contributed by atoms with van der Waals surface area (Å²) in [5.74, 6) is -0.429. The SMILES string of the molecule is C[NH+](C)[C@@H](CNC(=O)/C=C/c1ccc(F)cc1)c1cccs1. The smallest absolute Gasteiger partial charge is 0.244 e. The van der Waals surface area contributed by atoms with E-state index in [1.807, 2.05) is 11.4 Å². The van der Waals surface area contributed by atoms with E-state index in [-0.39, 0.29) is 17.8 Å². The van der Waals surface area contributed by atoms with E-state index in [1.54, 1.807) is 29.5 Å². The van der Waals surface area contributed by atoms with E-state index in [2.05, 4.69) is 25.5 Å². The molecule has 0 saturated heterocycles. The molecule has 1 atom stereocenters. The number of thiophene rings is 1. The molecule has 1 heterocycles. The minimum absolute atomic E-state index is 0.146. The van der Waals surface area contributed by atoms with E-state index >= 15 is 0 Å². The predicted molar refractivity (Wildman–Crippen MR) is 88.3 cm³/mol. The summed E-state index contributed by atoms with van der Waals surface area (Å²) < 4.78 is 12.8. The Balaban J connectivity index is 1.90. The number of quaternary nitrogens is 1. The lowest BCUT2D eigenvalue weighted by Crippen LogP contribution is -3.06. The minimum atomic E-state index is -0.283. The molecule has 0 fully saturated rings. The molecule has 5 heteroatoms. The number of likely N-dealkylation sites (N-methyl/N-ethyl adjacent to an activating group) is 1. The van der Waals surface area contributed by atoms with Crippen molar-refractivity contribution in [3.63, 3.8) is 0 Å². The normalized spacial score (nSPS) is 12.7. The molecular formula is C17H20FN2OS+. The molecular weight excluding hydrogens is 299 g/mol. The van der Waals surface area contributed by atoms with Crippen LogP contribution >= 0.6 is 11.3 Å². The first-order valence-electron chi connectivity index (χ1n) is 7.11. The number of carbonyl (C=O) groups excluding carboxylic acids is 1. The molecule has 1 amide bonds. The highest BCUT2D eigenvalue weighted by Crippen LogP contribution is 2.15. The number of carbonyl (C=O) groups is 1. The van der Waals surface area contributed by atoms with Crippen molar-refractivity contribution >= 4 is 23.3 Å². The van der Waals surface area contributed by atoms with Gasteiger partial charge in [-0.2, -0.15) is 0 Å². The molecule has 1 aromatic carbocycles. The Morgan fingerprint density at radius 2 is 2.05 bits per heavy atom. The Morgan fingerprint density at radius 1 is 1.32 bits per heavy atom. The predicted octanol–water partition coefficient (Wildman–Crippen LogP) is 1.90. The van der Waals surface area contributed by atoms with Crippen molar-refractivity contribution in [1.82, 2.24) is 5.32 Å². The van der Waals surface area contributed by atoms with Crippen LogP contribution in [-0.2, 0) is 4.79 Å². The van der Waals surface area contributed by atoms with Crippen molar-refractivity contribution in [3.8, 4) is 0 Å².